The lowest BCUT2D eigenvalue weighted by atomic mass is 10.1. The molecule has 8 rings (SSSR count). The third-order valence-electron chi connectivity index (χ3n) is 12.3. The molecule has 2 unspecified atom stereocenters. The molecule has 0 saturated carbocycles. The molecule has 67 heavy (non-hydrogen) atoms. The minimum atomic E-state index is -4.31. The van der Waals surface area contributed by atoms with Crippen molar-refractivity contribution in [3.63, 3.8) is 0 Å². The minimum absolute atomic E-state index is 0.0416. The van der Waals surface area contributed by atoms with Gasteiger partial charge in [0.25, 0.3) is 0 Å². The van der Waals surface area contributed by atoms with Crippen LogP contribution >= 0.6 is 25.2 Å². The second kappa shape index (κ2) is 19.7. The summed E-state index contributed by atoms with van der Waals surface area (Å²) >= 11 is 12.9. The third-order valence-corrected chi connectivity index (χ3v) is 22.7. The predicted octanol–water partition coefficient (Wildman–Crippen LogP) is 6.14. The SMILES string of the molecule is CC(C)(C)[Si](C)(C)O[C@H]1[C@H]2OP(O)(=S)OC[C@H]3O[C@@H](n4cc5c6c(ncnc64)SCCC5)[C@H](F)[C@@H]3OP(O)(=S)OC[C@H]1O[C@H]2n1cnc2c(N)nc(NCCNC(=O)OCC[Si](C)(C)C)nc21. The molecule has 0 aromatic carbocycles. The normalized spacial score (nSPS) is 30.9. The summed E-state index contributed by atoms with van der Waals surface area (Å²) in [5.41, 5.74) is 8.28. The molecule has 1 amide bonds. The number of nitrogens with one attached hydrogen (secondary N) is 2. The van der Waals surface area contributed by atoms with Crippen molar-refractivity contribution < 1.29 is 55.7 Å². The summed E-state index contributed by atoms with van der Waals surface area (Å²) in [5.74, 6) is 1.05. The number of hydrogen-bond acceptors (Lipinski definition) is 19. The van der Waals surface area contributed by atoms with Gasteiger partial charge >= 0.3 is 19.5 Å². The minimum Gasteiger partial charge on any atom is -0.450 e. The van der Waals surface area contributed by atoms with Gasteiger partial charge in [-0.25, -0.2) is 24.1 Å². The van der Waals surface area contributed by atoms with Gasteiger partial charge in [-0.3, -0.25) is 13.6 Å². The maximum Gasteiger partial charge on any atom is 0.407 e. The van der Waals surface area contributed by atoms with Crippen LogP contribution in [0.15, 0.2) is 23.9 Å². The molecule has 0 aliphatic carbocycles. The summed E-state index contributed by atoms with van der Waals surface area (Å²) in [6.45, 7) is 8.05. The van der Waals surface area contributed by atoms with Crippen molar-refractivity contribution in [2.45, 2.75) is 132 Å². The molecule has 3 fully saturated rings. The van der Waals surface area contributed by atoms with E-state index in [1.165, 1.54) is 12.7 Å². The number of imidazole rings is 1. The molecule has 4 aromatic rings. The zero-order valence-corrected chi connectivity index (χ0v) is 44.7. The van der Waals surface area contributed by atoms with E-state index in [1.807, 2.05) is 13.1 Å². The van der Waals surface area contributed by atoms with Gasteiger partial charge in [0.15, 0.2) is 38.4 Å². The number of ether oxygens (including phenoxy) is 3. The highest BCUT2D eigenvalue weighted by molar-refractivity contribution is 8.07. The highest BCUT2D eigenvalue weighted by Gasteiger charge is 2.56. The Kier molecular flexibility index (Phi) is 15.0. The van der Waals surface area contributed by atoms with E-state index in [4.69, 9.17) is 71.1 Å². The number of anilines is 2. The molecule has 2 bridgehead atoms. The van der Waals surface area contributed by atoms with Gasteiger partial charge in [0.1, 0.15) is 53.0 Å². The van der Waals surface area contributed by atoms with Gasteiger partial charge in [0, 0.05) is 27.4 Å². The maximum absolute atomic E-state index is 16.9. The van der Waals surface area contributed by atoms with Crippen LogP contribution in [0.25, 0.3) is 22.2 Å². The Hall–Kier alpha value is -2.31. The number of carbonyl (C=O) groups is 1. The zero-order valence-electron chi connectivity index (χ0n) is 38.5. The smallest absolute Gasteiger partial charge is 0.407 e. The molecule has 0 radical (unpaired) electrons. The molecule has 3 saturated heterocycles. The van der Waals surface area contributed by atoms with Crippen LogP contribution < -0.4 is 16.4 Å². The fraction of sp³-hybridized carbons (Fsp3) is 0.684. The van der Waals surface area contributed by atoms with Crippen molar-refractivity contribution >= 4 is 105 Å². The van der Waals surface area contributed by atoms with Crippen LogP contribution in [-0.2, 0) is 66.8 Å². The first-order valence-electron chi connectivity index (χ1n) is 22.0. The predicted molar refractivity (Wildman–Crippen MR) is 262 cm³/mol. The number of nitrogens with zero attached hydrogens (tertiary/aromatic N) is 7. The highest BCUT2D eigenvalue weighted by Crippen LogP contribution is 2.56. The van der Waals surface area contributed by atoms with Crippen LogP contribution in [0.4, 0.5) is 21.0 Å². The van der Waals surface area contributed by atoms with Gasteiger partial charge in [-0.05, 0) is 71.9 Å². The Morgan fingerprint density at radius 3 is 2.40 bits per heavy atom. The number of nitrogens with two attached hydrogens (primary N) is 1. The molecule has 370 valence electrons. The lowest BCUT2D eigenvalue weighted by Gasteiger charge is -2.40. The number of thioether (sulfide) groups is 1. The lowest BCUT2D eigenvalue weighted by molar-refractivity contribution is -0.0601. The zero-order chi connectivity index (χ0) is 48.3. The van der Waals surface area contributed by atoms with Crippen molar-refractivity contribution in [3.8, 4) is 0 Å². The number of hydrogen-bond donors (Lipinski definition) is 5. The Morgan fingerprint density at radius 1 is 0.985 bits per heavy atom. The monoisotopic (exact) mass is 1060 g/mol. The van der Waals surface area contributed by atoms with E-state index in [1.54, 1.807) is 27.1 Å². The number of alkyl carbamates (subject to hydrolysis) is 1. The van der Waals surface area contributed by atoms with Gasteiger partial charge in [0.05, 0.1) is 31.5 Å². The summed E-state index contributed by atoms with van der Waals surface area (Å²) in [7, 11) is -4.08. The molecule has 29 heteroatoms. The second-order valence-corrected chi connectivity index (χ2v) is 36.6. The van der Waals surface area contributed by atoms with E-state index in [-0.39, 0.29) is 41.1 Å². The first kappa shape index (κ1) is 51.1. The van der Waals surface area contributed by atoms with Crippen molar-refractivity contribution in [3.05, 3.63) is 24.4 Å². The average molecular weight is 1070 g/mol. The van der Waals surface area contributed by atoms with E-state index < -0.39 is 98.3 Å². The number of alkyl halides is 1. The van der Waals surface area contributed by atoms with E-state index >= 15 is 4.39 Å². The molecule has 10 atom stereocenters. The van der Waals surface area contributed by atoms with Gasteiger partial charge in [-0.1, -0.05) is 40.4 Å². The van der Waals surface area contributed by atoms with Crippen molar-refractivity contribution in [2.75, 3.05) is 49.7 Å². The number of carbonyl (C=O) groups excluding carboxylic acids is 1. The summed E-state index contributed by atoms with van der Waals surface area (Å²) in [4.78, 5) is 58.4. The molecule has 8 heterocycles. The van der Waals surface area contributed by atoms with Crippen LogP contribution in [0, 0.1) is 0 Å². The Balaban J connectivity index is 1.08. The first-order chi connectivity index (χ1) is 31.4. The average Bonchev–Trinajstić information content (AvgIpc) is 3.94. The Labute approximate surface area is 404 Å². The van der Waals surface area contributed by atoms with Gasteiger partial charge in [-0.15, -0.1) is 11.8 Å². The summed E-state index contributed by atoms with van der Waals surface area (Å²) in [5, 5.41) is 7.07. The quantitative estimate of drug-likeness (QED) is 0.0489. The van der Waals surface area contributed by atoms with Gasteiger partial charge < -0.3 is 58.4 Å². The van der Waals surface area contributed by atoms with Crippen LogP contribution in [0.3, 0.4) is 0 Å². The van der Waals surface area contributed by atoms with Crippen LogP contribution in [0.1, 0.15) is 45.2 Å². The highest BCUT2D eigenvalue weighted by atomic mass is 32.5. The summed E-state index contributed by atoms with van der Waals surface area (Å²) in [6.07, 6.45) is -4.72. The van der Waals surface area contributed by atoms with E-state index in [0.717, 1.165) is 40.6 Å². The third kappa shape index (κ3) is 11.4. The molecule has 4 aromatic heterocycles. The topological polar surface area (TPSA) is 256 Å². The summed E-state index contributed by atoms with van der Waals surface area (Å²) < 4.78 is 69.8. The lowest BCUT2D eigenvalue weighted by Crippen LogP contribution is -2.50. The number of fused-ring (bicyclic) bond motifs is 4. The Morgan fingerprint density at radius 2 is 1.69 bits per heavy atom. The van der Waals surface area contributed by atoms with Crippen LogP contribution in [-0.4, -0.2) is 142 Å². The molecule has 4 aliphatic heterocycles. The number of rotatable bonds is 11. The van der Waals surface area contributed by atoms with Crippen molar-refractivity contribution in [2.24, 2.45) is 0 Å². The van der Waals surface area contributed by atoms with Crippen LogP contribution in [0.2, 0.25) is 43.8 Å². The molecule has 6 N–H and O–H groups in total. The number of halogens is 1. The van der Waals surface area contributed by atoms with Gasteiger partial charge in [-0.2, -0.15) is 9.97 Å². The molecule has 0 spiro atoms. The van der Waals surface area contributed by atoms with Crippen molar-refractivity contribution in [1.29, 1.82) is 0 Å². The molecular weight excluding hydrogens is 1010 g/mol. The fourth-order valence-electron chi connectivity index (χ4n) is 7.82. The largest absolute Gasteiger partial charge is 0.450 e. The standard InChI is InChI=1S/C38H59FN10O11P2S3Si2/c1-38(2,3)67(7,8)60-28-23-18-55-61(51,63)58-27-22(56-34(25(27)39)48-16-21-10-9-14-65-33-24(21)31(48)43-19-44-33)17-54-62(52,64)59-29(28)35(57-23)49-20-45-26-30(40)46-36(47-32(26)49)41-11-12-42-37(50)53-13-15-66(4,5)6/h16,19-20,22-23,25,27-29,34-35H,9-15,17-18H2,1-8H3,(H,42,50)(H,51,63)(H,52,64)(H3,40,41,46,47)/t22-,23-,25-,27-,28-,29-,34-,35-,61?,62?/m1/s1. The number of nitrogen functional groups attached to an aromatic ring is 1. The summed E-state index contributed by atoms with van der Waals surface area (Å²) in [6, 6.07) is 0.848. The number of amides is 1. The van der Waals surface area contributed by atoms with E-state index in [2.05, 4.69) is 71.0 Å². The van der Waals surface area contributed by atoms with Gasteiger partial charge in [0.2, 0.25) is 5.95 Å². The first-order valence-corrected chi connectivity index (χ1v) is 34.7. The maximum atomic E-state index is 16.9. The Bertz CT molecular complexity index is 2570. The second-order valence-electron chi connectivity index (χ2n) is 19.5. The van der Waals surface area contributed by atoms with E-state index in [9.17, 15) is 14.6 Å². The van der Waals surface area contributed by atoms with E-state index in [0.29, 0.717) is 12.3 Å². The van der Waals surface area contributed by atoms with Crippen LogP contribution in [0.5, 0.6) is 0 Å². The number of aromatic nitrogens is 7. The fourth-order valence-corrected chi connectivity index (χ4v) is 13.7. The molecule has 21 nitrogen and oxygen atoms in total. The number of aryl methyl sites for hydroxylation is 1. The van der Waals surface area contributed by atoms with Crippen molar-refractivity contribution in [1.82, 2.24) is 39.4 Å². The molecule has 4 aliphatic rings. The molecular formula is C38H59FN10O11P2S3Si2.